The number of H-pyrrole nitrogens is 1. The zero-order valence-electron chi connectivity index (χ0n) is 30.3. The van der Waals surface area contributed by atoms with Gasteiger partial charge in [0.15, 0.2) is 0 Å². The van der Waals surface area contributed by atoms with Gasteiger partial charge in [-0.25, -0.2) is 4.39 Å². The number of carbonyl (C=O) groups is 4. The third kappa shape index (κ3) is 7.79. The summed E-state index contributed by atoms with van der Waals surface area (Å²) in [6.45, 7) is 5.58. The first-order chi connectivity index (χ1) is 26.3. The highest BCUT2D eigenvalue weighted by atomic mass is 19.1. The predicted molar refractivity (Wildman–Crippen MR) is 204 cm³/mol. The first kappa shape index (κ1) is 35.7. The number of nitrogens with zero attached hydrogens (tertiary/aromatic N) is 3. The number of imide groups is 1. The number of amides is 4. The fourth-order valence-electron chi connectivity index (χ4n) is 8.45. The van der Waals surface area contributed by atoms with Crippen LogP contribution in [0.4, 0.5) is 10.1 Å². The summed E-state index contributed by atoms with van der Waals surface area (Å²) in [5, 5.41) is 8.44. The number of halogens is 1. The minimum atomic E-state index is -0.510. The SMILES string of the molecule is O=C1CCC(c2ccc(N3CCN(CC[C@H]4CC[C@H](NC(=O)c5ccc(-c6cc(-c7cc8c([nH]7)CCNC8=O)ccn6)c(F)c5)CC4)CC3)cc2)C(=O)N1. The van der Waals surface area contributed by atoms with E-state index >= 15 is 4.39 Å². The Morgan fingerprint density at radius 3 is 2.41 bits per heavy atom. The van der Waals surface area contributed by atoms with Crippen LogP contribution in [-0.2, 0) is 16.0 Å². The Balaban J connectivity index is 0.773. The van der Waals surface area contributed by atoms with Crippen LogP contribution in [0.3, 0.4) is 0 Å². The summed E-state index contributed by atoms with van der Waals surface area (Å²) in [5.74, 6) is -0.889. The topological polar surface area (TPSA) is 140 Å². The van der Waals surface area contributed by atoms with Crippen molar-refractivity contribution in [1.29, 1.82) is 0 Å². The van der Waals surface area contributed by atoms with Gasteiger partial charge in [0, 0.05) is 91.6 Å². The highest BCUT2D eigenvalue weighted by molar-refractivity contribution is 6.01. The van der Waals surface area contributed by atoms with E-state index in [1.807, 2.05) is 24.3 Å². The van der Waals surface area contributed by atoms with Crippen molar-refractivity contribution in [3.63, 3.8) is 0 Å². The quantitative estimate of drug-likeness (QED) is 0.174. The molecule has 4 aromatic rings. The van der Waals surface area contributed by atoms with E-state index in [0.717, 1.165) is 99.5 Å². The van der Waals surface area contributed by atoms with Gasteiger partial charge in [0.25, 0.3) is 11.8 Å². The molecule has 0 spiro atoms. The van der Waals surface area contributed by atoms with Gasteiger partial charge in [-0.05, 0) is 105 Å². The van der Waals surface area contributed by atoms with Crippen molar-refractivity contribution in [1.82, 2.24) is 30.8 Å². The van der Waals surface area contributed by atoms with Gasteiger partial charge in [0.05, 0.1) is 17.2 Å². The summed E-state index contributed by atoms with van der Waals surface area (Å²) in [7, 11) is 0. The molecule has 5 heterocycles. The van der Waals surface area contributed by atoms with E-state index < -0.39 is 5.82 Å². The van der Waals surface area contributed by atoms with E-state index in [0.29, 0.717) is 47.7 Å². The van der Waals surface area contributed by atoms with Crippen molar-refractivity contribution in [2.45, 2.75) is 63.3 Å². The lowest BCUT2D eigenvalue weighted by Crippen LogP contribution is -2.47. The molecule has 2 saturated heterocycles. The van der Waals surface area contributed by atoms with E-state index in [1.165, 1.54) is 6.07 Å². The summed E-state index contributed by atoms with van der Waals surface area (Å²) in [5.41, 5.74) is 6.28. The second kappa shape index (κ2) is 15.5. The molecule has 2 aromatic heterocycles. The number of carbonyl (C=O) groups excluding carboxylic acids is 4. The molecule has 54 heavy (non-hydrogen) atoms. The van der Waals surface area contributed by atoms with Crippen molar-refractivity contribution < 1.29 is 23.6 Å². The Labute approximate surface area is 314 Å². The predicted octanol–water partition coefficient (Wildman–Crippen LogP) is 5.19. The lowest BCUT2D eigenvalue weighted by atomic mass is 9.84. The number of aromatic amines is 1. The monoisotopic (exact) mass is 731 g/mol. The summed E-state index contributed by atoms with van der Waals surface area (Å²) >= 11 is 0. The molecule has 3 fully saturated rings. The minimum Gasteiger partial charge on any atom is -0.369 e. The molecule has 4 amide bonds. The lowest BCUT2D eigenvalue weighted by Gasteiger charge is -2.37. The van der Waals surface area contributed by atoms with Gasteiger partial charge in [0.2, 0.25) is 11.8 Å². The molecule has 4 N–H and O–H groups in total. The standard InChI is InChI=1S/C42H46FN7O4/c43-35-23-29(5-10-33(35)38-24-28(13-16-44-38)37-25-34-36(47-37)14-17-45-41(34)53)40(52)46-30-6-1-26(2-7-30)15-18-49-19-21-50(22-20-49)31-8-3-27(4-9-31)32-11-12-39(51)48-42(32)54/h3-5,8-10,13,16,23-26,30,32,47H,1-2,6-7,11-12,14-15,17-22H2,(H,45,53)(H,46,52)(H,48,51,54)/t26-,30-,32?. The number of nitrogens with one attached hydrogen (secondary N) is 4. The first-order valence-corrected chi connectivity index (χ1v) is 19.3. The smallest absolute Gasteiger partial charge is 0.253 e. The van der Waals surface area contributed by atoms with E-state index in [9.17, 15) is 19.2 Å². The van der Waals surface area contributed by atoms with Crippen LogP contribution in [0.25, 0.3) is 22.5 Å². The summed E-state index contributed by atoms with van der Waals surface area (Å²) < 4.78 is 15.4. The van der Waals surface area contributed by atoms with Crippen LogP contribution < -0.4 is 20.9 Å². The van der Waals surface area contributed by atoms with E-state index in [4.69, 9.17) is 0 Å². The summed E-state index contributed by atoms with van der Waals surface area (Å²) in [6.07, 6.45) is 8.40. The number of piperazine rings is 1. The molecule has 0 radical (unpaired) electrons. The average Bonchev–Trinajstić information content (AvgIpc) is 3.64. The fourth-order valence-corrected chi connectivity index (χ4v) is 8.45. The Morgan fingerprint density at radius 1 is 0.870 bits per heavy atom. The van der Waals surface area contributed by atoms with Crippen LogP contribution >= 0.6 is 0 Å². The number of piperidine rings is 1. The second-order valence-electron chi connectivity index (χ2n) is 15.1. The molecule has 11 nitrogen and oxygen atoms in total. The maximum atomic E-state index is 15.4. The number of aromatic nitrogens is 2. The Bertz CT molecular complexity index is 2050. The summed E-state index contributed by atoms with van der Waals surface area (Å²) in [6, 6.07) is 18.3. The molecule has 1 atom stereocenters. The van der Waals surface area contributed by atoms with Crippen LogP contribution in [0.5, 0.6) is 0 Å². The molecule has 4 aliphatic rings. The lowest BCUT2D eigenvalue weighted by molar-refractivity contribution is -0.134. The largest absolute Gasteiger partial charge is 0.369 e. The Kier molecular flexibility index (Phi) is 10.3. The number of pyridine rings is 1. The van der Waals surface area contributed by atoms with E-state index in [2.05, 4.69) is 47.9 Å². The van der Waals surface area contributed by atoms with E-state index in [-0.39, 0.29) is 35.6 Å². The Hall–Kier alpha value is -5.36. The summed E-state index contributed by atoms with van der Waals surface area (Å²) in [4.78, 5) is 61.8. The maximum absolute atomic E-state index is 15.4. The average molecular weight is 732 g/mol. The van der Waals surface area contributed by atoms with E-state index in [1.54, 1.807) is 24.4 Å². The van der Waals surface area contributed by atoms with Gasteiger partial charge in [-0.1, -0.05) is 12.1 Å². The third-order valence-corrected chi connectivity index (χ3v) is 11.7. The molecule has 12 heteroatoms. The van der Waals surface area contributed by atoms with Crippen LogP contribution in [0, 0.1) is 11.7 Å². The number of rotatable bonds is 9. The third-order valence-electron chi connectivity index (χ3n) is 11.7. The molecule has 1 unspecified atom stereocenters. The number of fused-ring (bicyclic) bond motifs is 1. The van der Waals surface area contributed by atoms with Gasteiger partial charge < -0.3 is 20.5 Å². The molecule has 2 aromatic carbocycles. The van der Waals surface area contributed by atoms with Crippen molar-refractivity contribution in [3.05, 3.63) is 95.1 Å². The van der Waals surface area contributed by atoms with Crippen LogP contribution in [0.2, 0.25) is 0 Å². The van der Waals surface area contributed by atoms with Crippen LogP contribution in [0.1, 0.15) is 82.8 Å². The molecule has 1 aliphatic carbocycles. The Morgan fingerprint density at radius 2 is 1.67 bits per heavy atom. The zero-order chi connectivity index (χ0) is 37.2. The first-order valence-electron chi connectivity index (χ1n) is 19.3. The van der Waals surface area contributed by atoms with Gasteiger partial charge in [-0.3, -0.25) is 34.4 Å². The maximum Gasteiger partial charge on any atom is 0.253 e. The molecular weight excluding hydrogens is 686 g/mol. The highest BCUT2D eigenvalue weighted by Gasteiger charge is 2.29. The second-order valence-corrected chi connectivity index (χ2v) is 15.1. The highest BCUT2D eigenvalue weighted by Crippen LogP contribution is 2.31. The fraction of sp³-hybridized carbons (Fsp3) is 0.405. The molecule has 0 bridgehead atoms. The van der Waals surface area contributed by atoms with Gasteiger partial charge >= 0.3 is 0 Å². The number of hydrogen-bond donors (Lipinski definition) is 4. The minimum absolute atomic E-state index is 0.0773. The zero-order valence-corrected chi connectivity index (χ0v) is 30.3. The van der Waals surface area contributed by atoms with Crippen molar-refractivity contribution in [2.24, 2.45) is 5.92 Å². The normalized spacial score (nSPS) is 22.0. The number of hydrogen-bond acceptors (Lipinski definition) is 7. The molecular formula is C42H46FN7O4. The van der Waals surface area contributed by atoms with Crippen molar-refractivity contribution >= 4 is 29.3 Å². The number of benzene rings is 2. The van der Waals surface area contributed by atoms with Crippen molar-refractivity contribution in [2.75, 3.05) is 44.2 Å². The molecule has 3 aliphatic heterocycles. The van der Waals surface area contributed by atoms with Gasteiger partial charge in [-0.2, -0.15) is 0 Å². The molecule has 1 saturated carbocycles. The molecule has 8 rings (SSSR count). The van der Waals surface area contributed by atoms with Crippen LogP contribution in [0.15, 0.2) is 66.9 Å². The van der Waals surface area contributed by atoms with Gasteiger partial charge in [-0.15, -0.1) is 0 Å². The van der Waals surface area contributed by atoms with Crippen LogP contribution in [-0.4, -0.2) is 83.8 Å². The van der Waals surface area contributed by atoms with Gasteiger partial charge in [0.1, 0.15) is 5.82 Å². The number of anilines is 1. The molecule has 280 valence electrons. The van der Waals surface area contributed by atoms with Crippen molar-refractivity contribution in [3.8, 4) is 22.5 Å².